The number of aliphatic hydroxyl groups excluding tert-OH is 1. The van der Waals surface area contributed by atoms with Gasteiger partial charge in [-0.1, -0.05) is 0 Å². The van der Waals surface area contributed by atoms with Gasteiger partial charge < -0.3 is 24.6 Å². The van der Waals surface area contributed by atoms with E-state index in [1.165, 1.54) is 6.26 Å². The van der Waals surface area contributed by atoms with Crippen LogP contribution in [0.2, 0.25) is 0 Å². The Morgan fingerprint density at radius 1 is 1.43 bits per heavy atom. The summed E-state index contributed by atoms with van der Waals surface area (Å²) in [5, 5.41) is 13.6. The summed E-state index contributed by atoms with van der Waals surface area (Å²) in [6, 6.07) is 9.03. The van der Waals surface area contributed by atoms with Crippen LogP contribution in [0.5, 0.6) is 5.75 Å². The maximum Gasteiger partial charge on any atom is 0.224 e. The van der Waals surface area contributed by atoms with Crippen LogP contribution in [0, 0.1) is 0 Å². The van der Waals surface area contributed by atoms with Crippen LogP contribution in [-0.2, 0) is 11.2 Å². The lowest BCUT2D eigenvalue weighted by molar-refractivity contribution is -0.120. The molecule has 2 heterocycles. The van der Waals surface area contributed by atoms with E-state index in [4.69, 9.17) is 9.15 Å². The maximum absolute atomic E-state index is 12.1. The minimum Gasteiger partial charge on any atom is -0.497 e. The molecular weight excluding hydrogens is 296 g/mol. The van der Waals surface area contributed by atoms with E-state index in [9.17, 15) is 9.90 Å². The Morgan fingerprint density at radius 3 is 3.04 bits per heavy atom. The molecule has 3 rings (SSSR count). The second-order valence-electron chi connectivity index (χ2n) is 5.24. The second kappa shape index (κ2) is 6.58. The number of aromatic amines is 1. The molecule has 0 radical (unpaired) electrons. The van der Waals surface area contributed by atoms with Crippen LogP contribution < -0.4 is 10.1 Å². The predicted molar refractivity (Wildman–Crippen MR) is 85.2 cm³/mol. The van der Waals surface area contributed by atoms with Crippen LogP contribution in [0.15, 0.2) is 47.2 Å². The highest BCUT2D eigenvalue weighted by molar-refractivity contribution is 5.89. The molecule has 6 nitrogen and oxygen atoms in total. The van der Waals surface area contributed by atoms with E-state index < -0.39 is 6.10 Å². The second-order valence-corrected chi connectivity index (χ2v) is 5.24. The summed E-state index contributed by atoms with van der Waals surface area (Å²) in [6.45, 7) is 0.109. The van der Waals surface area contributed by atoms with Crippen LogP contribution >= 0.6 is 0 Å². The van der Waals surface area contributed by atoms with Gasteiger partial charge >= 0.3 is 0 Å². The third-order valence-corrected chi connectivity index (χ3v) is 3.69. The lowest BCUT2D eigenvalue weighted by Gasteiger charge is -2.09. The van der Waals surface area contributed by atoms with Gasteiger partial charge in [-0.05, 0) is 35.9 Å². The van der Waals surface area contributed by atoms with E-state index >= 15 is 0 Å². The number of hydrogen-bond acceptors (Lipinski definition) is 4. The van der Waals surface area contributed by atoms with Crippen molar-refractivity contribution in [3.63, 3.8) is 0 Å². The van der Waals surface area contributed by atoms with Gasteiger partial charge in [0.15, 0.2) is 0 Å². The summed E-state index contributed by atoms with van der Waals surface area (Å²) in [5.74, 6) is 1.01. The number of hydrogen-bond donors (Lipinski definition) is 3. The Bertz CT molecular complexity index is 792. The summed E-state index contributed by atoms with van der Waals surface area (Å²) in [7, 11) is 1.61. The molecule has 1 amide bonds. The molecule has 0 fully saturated rings. The van der Waals surface area contributed by atoms with Gasteiger partial charge in [0.1, 0.15) is 17.6 Å². The molecule has 2 aromatic heterocycles. The first-order chi connectivity index (χ1) is 11.2. The molecule has 0 aliphatic rings. The highest BCUT2D eigenvalue weighted by Crippen LogP contribution is 2.24. The SMILES string of the molecule is COc1ccc2[nH]cc(CC(=O)NCC(O)c3ccco3)c2c1. The minimum atomic E-state index is -0.850. The van der Waals surface area contributed by atoms with E-state index in [2.05, 4.69) is 10.3 Å². The molecule has 3 aromatic rings. The number of benzene rings is 1. The lowest BCUT2D eigenvalue weighted by Crippen LogP contribution is -2.29. The summed E-state index contributed by atoms with van der Waals surface area (Å²) < 4.78 is 10.3. The quantitative estimate of drug-likeness (QED) is 0.650. The van der Waals surface area contributed by atoms with Crippen LogP contribution in [0.3, 0.4) is 0 Å². The molecule has 0 saturated heterocycles. The number of rotatable bonds is 6. The average molecular weight is 314 g/mol. The highest BCUT2D eigenvalue weighted by atomic mass is 16.5. The molecule has 6 heteroatoms. The van der Waals surface area contributed by atoms with Crippen LogP contribution in [-0.4, -0.2) is 29.7 Å². The molecular formula is C17H18N2O4. The molecule has 23 heavy (non-hydrogen) atoms. The van der Waals surface area contributed by atoms with Crippen molar-refractivity contribution in [3.8, 4) is 5.75 Å². The third kappa shape index (κ3) is 3.37. The average Bonchev–Trinajstić information content (AvgIpc) is 3.22. The zero-order valence-electron chi connectivity index (χ0n) is 12.7. The molecule has 1 aromatic carbocycles. The van der Waals surface area contributed by atoms with Gasteiger partial charge in [0.05, 0.1) is 26.3 Å². The number of nitrogens with one attached hydrogen (secondary N) is 2. The Balaban J connectivity index is 1.63. The van der Waals surface area contributed by atoms with E-state index in [0.717, 1.165) is 22.2 Å². The molecule has 0 saturated carbocycles. The number of furan rings is 1. The smallest absolute Gasteiger partial charge is 0.224 e. The van der Waals surface area contributed by atoms with Crippen LogP contribution in [0.4, 0.5) is 0 Å². The first-order valence-corrected chi connectivity index (χ1v) is 7.29. The fourth-order valence-electron chi connectivity index (χ4n) is 2.46. The number of amides is 1. The minimum absolute atomic E-state index is 0.109. The summed E-state index contributed by atoms with van der Waals surface area (Å²) in [5.41, 5.74) is 1.83. The van der Waals surface area contributed by atoms with Gasteiger partial charge in [-0.25, -0.2) is 0 Å². The van der Waals surface area contributed by atoms with Gasteiger partial charge in [0, 0.05) is 17.1 Å². The topological polar surface area (TPSA) is 87.5 Å². The van der Waals surface area contributed by atoms with Gasteiger partial charge in [-0.15, -0.1) is 0 Å². The summed E-state index contributed by atoms with van der Waals surface area (Å²) in [4.78, 5) is 15.2. The summed E-state index contributed by atoms with van der Waals surface area (Å²) >= 11 is 0. The molecule has 0 aliphatic heterocycles. The zero-order chi connectivity index (χ0) is 16.2. The third-order valence-electron chi connectivity index (χ3n) is 3.69. The molecule has 3 N–H and O–H groups in total. The number of ether oxygens (including phenoxy) is 1. The number of fused-ring (bicyclic) bond motifs is 1. The number of aliphatic hydroxyl groups is 1. The molecule has 1 unspecified atom stereocenters. The first kappa shape index (κ1) is 15.2. The normalized spacial score (nSPS) is 12.3. The molecule has 0 bridgehead atoms. The first-order valence-electron chi connectivity index (χ1n) is 7.29. The van der Waals surface area contributed by atoms with Gasteiger partial charge in [-0.2, -0.15) is 0 Å². The van der Waals surface area contributed by atoms with Crippen molar-refractivity contribution in [2.24, 2.45) is 0 Å². The Kier molecular flexibility index (Phi) is 4.34. The van der Waals surface area contributed by atoms with Gasteiger partial charge in [0.25, 0.3) is 0 Å². The standard InChI is InChI=1S/C17H18N2O4/c1-22-12-4-5-14-13(8-12)11(9-18-14)7-17(21)19-10-15(20)16-3-2-6-23-16/h2-6,8-9,15,18,20H,7,10H2,1H3,(H,19,21). The van der Waals surface area contributed by atoms with E-state index in [0.29, 0.717) is 5.76 Å². The fourth-order valence-corrected chi connectivity index (χ4v) is 2.46. The van der Waals surface area contributed by atoms with Crippen molar-refractivity contribution >= 4 is 16.8 Å². The number of carbonyl (C=O) groups is 1. The summed E-state index contributed by atoms with van der Waals surface area (Å²) in [6.07, 6.45) is 2.67. The molecule has 1 atom stereocenters. The van der Waals surface area contributed by atoms with E-state index in [-0.39, 0.29) is 18.9 Å². The highest BCUT2D eigenvalue weighted by Gasteiger charge is 2.13. The molecule has 0 spiro atoms. The largest absolute Gasteiger partial charge is 0.497 e. The fraction of sp³-hybridized carbons (Fsp3) is 0.235. The predicted octanol–water partition coefficient (Wildman–Crippen LogP) is 2.16. The van der Waals surface area contributed by atoms with Crippen molar-refractivity contribution in [2.45, 2.75) is 12.5 Å². The van der Waals surface area contributed by atoms with Crippen LogP contribution in [0.1, 0.15) is 17.4 Å². The molecule has 0 aliphatic carbocycles. The maximum atomic E-state index is 12.1. The monoisotopic (exact) mass is 314 g/mol. The lowest BCUT2D eigenvalue weighted by atomic mass is 10.1. The van der Waals surface area contributed by atoms with Crippen LogP contribution in [0.25, 0.3) is 10.9 Å². The molecule has 120 valence electrons. The zero-order valence-corrected chi connectivity index (χ0v) is 12.7. The number of carbonyl (C=O) groups excluding carboxylic acids is 1. The van der Waals surface area contributed by atoms with Crippen molar-refractivity contribution in [3.05, 3.63) is 54.1 Å². The van der Waals surface area contributed by atoms with Crippen molar-refractivity contribution in [1.29, 1.82) is 0 Å². The van der Waals surface area contributed by atoms with Crippen molar-refractivity contribution < 1.29 is 19.1 Å². The van der Waals surface area contributed by atoms with E-state index in [1.54, 1.807) is 19.2 Å². The Labute approximate surface area is 133 Å². The van der Waals surface area contributed by atoms with Crippen molar-refractivity contribution in [1.82, 2.24) is 10.3 Å². The Hall–Kier alpha value is -2.73. The van der Waals surface area contributed by atoms with E-state index in [1.807, 2.05) is 24.4 Å². The van der Waals surface area contributed by atoms with Gasteiger partial charge in [-0.3, -0.25) is 4.79 Å². The van der Waals surface area contributed by atoms with Gasteiger partial charge in [0.2, 0.25) is 5.91 Å². The Morgan fingerprint density at radius 2 is 2.30 bits per heavy atom. The number of H-pyrrole nitrogens is 1. The number of methoxy groups -OCH3 is 1. The number of aromatic nitrogens is 1. The van der Waals surface area contributed by atoms with Crippen molar-refractivity contribution in [2.75, 3.05) is 13.7 Å².